The minimum atomic E-state index is 0.0386. The highest BCUT2D eigenvalue weighted by atomic mass is 79.9. The summed E-state index contributed by atoms with van der Waals surface area (Å²) in [5, 5.41) is 3.18. The Hall–Kier alpha value is -0.380. The first-order valence-electron chi connectivity index (χ1n) is 5.61. The van der Waals surface area contributed by atoms with E-state index in [2.05, 4.69) is 71.3 Å². The second kappa shape index (κ2) is 5.80. The molecule has 2 nitrogen and oxygen atoms in total. The Labute approximate surface area is 107 Å². The van der Waals surface area contributed by atoms with Crippen LogP contribution in [0.4, 0.5) is 0 Å². The minimum Gasteiger partial charge on any atom is -0.318 e. The van der Waals surface area contributed by atoms with Crippen molar-refractivity contribution < 1.29 is 0 Å². The van der Waals surface area contributed by atoms with Crippen molar-refractivity contribution in [2.45, 2.75) is 19.4 Å². The molecule has 0 bridgehead atoms. The van der Waals surface area contributed by atoms with Crippen LogP contribution in [0.2, 0.25) is 0 Å². The minimum absolute atomic E-state index is 0.0386. The molecule has 0 unspecified atom stereocenters. The molecule has 0 aliphatic rings. The number of halogens is 1. The quantitative estimate of drug-likeness (QED) is 0.895. The Morgan fingerprint density at radius 2 is 1.94 bits per heavy atom. The van der Waals surface area contributed by atoms with Gasteiger partial charge < -0.3 is 5.32 Å². The summed E-state index contributed by atoms with van der Waals surface area (Å²) in [6.45, 7) is 6.54. The van der Waals surface area contributed by atoms with Crippen LogP contribution in [0.25, 0.3) is 0 Å². The van der Waals surface area contributed by atoms with E-state index in [1.54, 1.807) is 0 Å². The maximum atomic E-state index is 3.63. The van der Waals surface area contributed by atoms with Crippen LogP contribution in [0, 0.1) is 0 Å². The van der Waals surface area contributed by atoms with Crippen molar-refractivity contribution in [2.75, 3.05) is 27.2 Å². The first kappa shape index (κ1) is 13.7. The second-order valence-corrected chi connectivity index (χ2v) is 5.42. The predicted octanol–water partition coefficient (Wildman–Crippen LogP) is 2.84. The van der Waals surface area contributed by atoms with Crippen molar-refractivity contribution in [1.29, 1.82) is 0 Å². The molecule has 3 heteroatoms. The topological polar surface area (TPSA) is 15.3 Å². The Morgan fingerprint density at radius 3 is 2.50 bits per heavy atom. The molecule has 0 atom stereocenters. The molecule has 90 valence electrons. The smallest absolute Gasteiger partial charge is 0.0413 e. The lowest BCUT2D eigenvalue weighted by molar-refractivity contribution is 0.158. The van der Waals surface area contributed by atoms with Gasteiger partial charge in [-0.3, -0.25) is 4.90 Å². The van der Waals surface area contributed by atoms with Gasteiger partial charge in [-0.25, -0.2) is 0 Å². The molecule has 0 aromatic heterocycles. The molecule has 0 radical (unpaired) electrons. The Bertz CT molecular complexity index is 336. The van der Waals surface area contributed by atoms with Gasteiger partial charge in [0.05, 0.1) is 0 Å². The third kappa shape index (κ3) is 3.06. The van der Waals surface area contributed by atoms with Crippen LogP contribution >= 0.6 is 15.9 Å². The van der Waals surface area contributed by atoms with Gasteiger partial charge in [0.25, 0.3) is 0 Å². The van der Waals surface area contributed by atoms with E-state index >= 15 is 0 Å². The fourth-order valence-corrected chi connectivity index (χ4v) is 2.49. The summed E-state index contributed by atoms with van der Waals surface area (Å²) in [7, 11) is 4.15. The van der Waals surface area contributed by atoms with Crippen molar-refractivity contribution in [3.63, 3.8) is 0 Å². The Morgan fingerprint density at radius 1 is 1.31 bits per heavy atom. The predicted molar refractivity (Wildman–Crippen MR) is 73.7 cm³/mol. The van der Waals surface area contributed by atoms with E-state index in [4.69, 9.17) is 0 Å². The summed E-state index contributed by atoms with van der Waals surface area (Å²) in [5.74, 6) is 0. The summed E-state index contributed by atoms with van der Waals surface area (Å²) in [6, 6.07) is 8.42. The summed E-state index contributed by atoms with van der Waals surface area (Å²) in [4.78, 5) is 2.36. The van der Waals surface area contributed by atoms with Gasteiger partial charge in [0, 0.05) is 23.1 Å². The molecular weight excluding hydrogens is 264 g/mol. The standard InChI is InChI=1S/C13H21BrN2/c1-13(2,16(4)10-9-15-3)11-7-5-6-8-12(11)14/h5-8,15H,9-10H2,1-4H3. The van der Waals surface area contributed by atoms with Crippen LogP contribution in [-0.4, -0.2) is 32.1 Å². The van der Waals surface area contributed by atoms with Crippen LogP contribution in [-0.2, 0) is 5.54 Å². The lowest BCUT2D eigenvalue weighted by Crippen LogP contribution is -2.42. The zero-order chi connectivity index (χ0) is 12.2. The van der Waals surface area contributed by atoms with Gasteiger partial charge in [0.1, 0.15) is 0 Å². The van der Waals surface area contributed by atoms with E-state index in [0.29, 0.717) is 0 Å². The van der Waals surface area contributed by atoms with E-state index in [0.717, 1.165) is 13.1 Å². The van der Waals surface area contributed by atoms with Crippen molar-refractivity contribution in [1.82, 2.24) is 10.2 Å². The highest BCUT2D eigenvalue weighted by molar-refractivity contribution is 9.10. The maximum absolute atomic E-state index is 3.63. The van der Waals surface area contributed by atoms with E-state index in [1.165, 1.54) is 10.0 Å². The highest BCUT2D eigenvalue weighted by Gasteiger charge is 2.26. The first-order chi connectivity index (χ1) is 7.50. The molecule has 0 heterocycles. The van der Waals surface area contributed by atoms with Crippen molar-refractivity contribution in [3.05, 3.63) is 34.3 Å². The molecule has 1 N–H and O–H groups in total. The number of rotatable bonds is 5. The van der Waals surface area contributed by atoms with Gasteiger partial charge in [-0.15, -0.1) is 0 Å². The largest absolute Gasteiger partial charge is 0.318 e. The lowest BCUT2D eigenvalue weighted by Gasteiger charge is -2.36. The molecule has 1 aromatic carbocycles. The highest BCUT2D eigenvalue weighted by Crippen LogP contribution is 2.31. The van der Waals surface area contributed by atoms with E-state index < -0.39 is 0 Å². The van der Waals surface area contributed by atoms with Crippen LogP contribution in [0.15, 0.2) is 28.7 Å². The summed E-state index contributed by atoms with van der Waals surface area (Å²) >= 11 is 3.63. The SMILES string of the molecule is CNCCN(C)C(C)(C)c1ccccc1Br. The Balaban J connectivity index is 2.88. The van der Waals surface area contributed by atoms with Crippen LogP contribution in [0.5, 0.6) is 0 Å². The maximum Gasteiger partial charge on any atom is 0.0413 e. The first-order valence-corrected chi connectivity index (χ1v) is 6.40. The van der Waals surface area contributed by atoms with E-state index in [9.17, 15) is 0 Å². The molecule has 1 rings (SSSR count). The van der Waals surface area contributed by atoms with Gasteiger partial charge in [0.2, 0.25) is 0 Å². The summed E-state index contributed by atoms with van der Waals surface area (Å²) < 4.78 is 1.18. The van der Waals surface area contributed by atoms with Crippen molar-refractivity contribution in [3.8, 4) is 0 Å². The lowest BCUT2D eigenvalue weighted by atomic mass is 9.92. The molecule has 16 heavy (non-hydrogen) atoms. The number of hydrogen-bond acceptors (Lipinski definition) is 2. The molecule has 0 spiro atoms. The molecule has 0 saturated heterocycles. The van der Waals surface area contributed by atoms with Crippen LogP contribution in [0.3, 0.4) is 0 Å². The zero-order valence-electron chi connectivity index (χ0n) is 10.5. The number of benzene rings is 1. The molecule has 0 aliphatic carbocycles. The molecule has 0 amide bonds. The van der Waals surface area contributed by atoms with E-state index in [1.807, 2.05) is 7.05 Å². The third-order valence-corrected chi connectivity index (χ3v) is 3.88. The van der Waals surface area contributed by atoms with Crippen molar-refractivity contribution >= 4 is 15.9 Å². The molecule has 1 aromatic rings. The average molecular weight is 285 g/mol. The number of nitrogens with one attached hydrogen (secondary N) is 1. The Kier molecular flexibility index (Phi) is 4.96. The monoisotopic (exact) mass is 284 g/mol. The molecular formula is C13H21BrN2. The number of likely N-dealkylation sites (N-methyl/N-ethyl adjacent to an activating group) is 2. The third-order valence-electron chi connectivity index (χ3n) is 3.18. The average Bonchev–Trinajstić information content (AvgIpc) is 2.26. The fraction of sp³-hybridized carbons (Fsp3) is 0.538. The number of hydrogen-bond donors (Lipinski definition) is 1. The van der Waals surface area contributed by atoms with Gasteiger partial charge in [-0.2, -0.15) is 0 Å². The molecule has 0 aliphatic heterocycles. The summed E-state index contributed by atoms with van der Waals surface area (Å²) in [5.41, 5.74) is 1.37. The molecule has 0 saturated carbocycles. The number of nitrogens with zero attached hydrogens (tertiary/aromatic N) is 1. The fourth-order valence-electron chi connectivity index (χ4n) is 1.72. The van der Waals surface area contributed by atoms with Crippen molar-refractivity contribution in [2.24, 2.45) is 0 Å². The summed E-state index contributed by atoms with van der Waals surface area (Å²) in [6.07, 6.45) is 0. The molecule has 0 fully saturated rings. The normalized spacial score (nSPS) is 12.1. The van der Waals surface area contributed by atoms with Crippen LogP contribution < -0.4 is 5.32 Å². The van der Waals surface area contributed by atoms with Gasteiger partial charge in [-0.05, 0) is 39.6 Å². The van der Waals surface area contributed by atoms with Crippen LogP contribution in [0.1, 0.15) is 19.4 Å². The second-order valence-electron chi connectivity index (χ2n) is 4.56. The zero-order valence-corrected chi connectivity index (χ0v) is 12.1. The van der Waals surface area contributed by atoms with E-state index in [-0.39, 0.29) is 5.54 Å². The van der Waals surface area contributed by atoms with Gasteiger partial charge in [0.15, 0.2) is 0 Å². The van der Waals surface area contributed by atoms with Gasteiger partial charge in [-0.1, -0.05) is 34.1 Å². The van der Waals surface area contributed by atoms with Gasteiger partial charge >= 0.3 is 0 Å².